The van der Waals surface area contributed by atoms with Crippen molar-refractivity contribution in [3.05, 3.63) is 102 Å². The van der Waals surface area contributed by atoms with Crippen LogP contribution in [0, 0.1) is 11.3 Å². The monoisotopic (exact) mass is 369 g/mol. The van der Waals surface area contributed by atoms with E-state index in [1.165, 1.54) is 0 Å². The van der Waals surface area contributed by atoms with Gasteiger partial charge in [-0.2, -0.15) is 5.26 Å². The second kappa shape index (κ2) is 9.15. The third-order valence-electron chi connectivity index (χ3n) is 4.25. The van der Waals surface area contributed by atoms with E-state index < -0.39 is 5.92 Å². The van der Waals surface area contributed by atoms with Crippen molar-refractivity contribution in [3.8, 4) is 6.07 Å². The van der Waals surface area contributed by atoms with Crippen molar-refractivity contribution < 1.29 is 9.59 Å². The molecule has 5 nitrogen and oxygen atoms in total. The number of hydrogen-bond acceptors (Lipinski definition) is 3. The van der Waals surface area contributed by atoms with E-state index in [0.717, 1.165) is 11.1 Å². The number of amides is 2. The van der Waals surface area contributed by atoms with Crippen LogP contribution in [0.2, 0.25) is 0 Å². The molecule has 3 aromatic carbocycles. The molecule has 5 heteroatoms. The lowest BCUT2D eigenvalue weighted by Gasteiger charge is -2.18. The zero-order chi connectivity index (χ0) is 19.8. The average Bonchev–Trinajstić information content (AvgIpc) is 2.74. The molecule has 0 spiro atoms. The molecule has 28 heavy (non-hydrogen) atoms. The molecule has 0 saturated carbocycles. The Kier molecular flexibility index (Phi) is 6.17. The van der Waals surface area contributed by atoms with E-state index in [1.54, 1.807) is 24.3 Å². The molecular formula is C23H19N3O2. The van der Waals surface area contributed by atoms with E-state index in [9.17, 15) is 9.59 Å². The Morgan fingerprint density at radius 2 is 1.36 bits per heavy atom. The first-order valence-corrected chi connectivity index (χ1v) is 8.85. The lowest BCUT2D eigenvalue weighted by molar-refractivity contribution is -0.124. The molecule has 0 aliphatic rings. The van der Waals surface area contributed by atoms with Gasteiger partial charge in [0.25, 0.3) is 0 Å². The van der Waals surface area contributed by atoms with E-state index in [2.05, 4.69) is 10.6 Å². The van der Waals surface area contributed by atoms with Gasteiger partial charge >= 0.3 is 0 Å². The summed E-state index contributed by atoms with van der Waals surface area (Å²) in [4.78, 5) is 25.0. The maximum atomic E-state index is 12.9. The first kappa shape index (κ1) is 18.9. The van der Waals surface area contributed by atoms with Crippen LogP contribution in [0.15, 0.2) is 84.9 Å². The third-order valence-corrected chi connectivity index (χ3v) is 4.25. The number of nitrogens with one attached hydrogen (secondary N) is 2. The summed E-state index contributed by atoms with van der Waals surface area (Å²) in [6.07, 6.45) is 0. The fourth-order valence-corrected chi connectivity index (χ4v) is 2.89. The SMILES string of the molecule is N#Cc1ccc(NC(=O)CNC(=O)C(c2ccccc2)c2ccccc2)cc1. The minimum atomic E-state index is -0.495. The van der Waals surface area contributed by atoms with Crippen LogP contribution < -0.4 is 10.6 Å². The van der Waals surface area contributed by atoms with Gasteiger partial charge in [-0.15, -0.1) is 0 Å². The van der Waals surface area contributed by atoms with Gasteiger partial charge < -0.3 is 10.6 Å². The summed E-state index contributed by atoms with van der Waals surface area (Å²) in [6, 6.07) is 27.5. The summed E-state index contributed by atoms with van der Waals surface area (Å²) in [5.74, 6) is -1.07. The van der Waals surface area contributed by atoms with Gasteiger partial charge in [-0.3, -0.25) is 9.59 Å². The van der Waals surface area contributed by atoms with Crippen molar-refractivity contribution in [3.63, 3.8) is 0 Å². The highest BCUT2D eigenvalue weighted by atomic mass is 16.2. The molecule has 0 saturated heterocycles. The van der Waals surface area contributed by atoms with Gasteiger partial charge in [0, 0.05) is 5.69 Å². The molecule has 138 valence electrons. The molecule has 3 aromatic rings. The number of carbonyl (C=O) groups is 2. The minimum Gasteiger partial charge on any atom is -0.346 e. The van der Waals surface area contributed by atoms with Crippen molar-refractivity contribution in [2.75, 3.05) is 11.9 Å². The highest BCUT2D eigenvalue weighted by molar-refractivity contribution is 5.96. The molecule has 0 radical (unpaired) electrons. The highest BCUT2D eigenvalue weighted by Crippen LogP contribution is 2.24. The predicted octanol–water partition coefficient (Wildman–Crippen LogP) is 3.45. The second-order valence-electron chi connectivity index (χ2n) is 6.21. The average molecular weight is 369 g/mol. The molecule has 0 heterocycles. The third kappa shape index (κ3) is 4.83. The van der Waals surface area contributed by atoms with Crippen LogP contribution in [0.25, 0.3) is 0 Å². The summed E-state index contributed by atoms with van der Waals surface area (Å²) in [6.45, 7) is -0.144. The summed E-state index contributed by atoms with van der Waals surface area (Å²) in [7, 11) is 0. The van der Waals surface area contributed by atoms with Crippen molar-refractivity contribution in [1.29, 1.82) is 5.26 Å². The molecule has 0 unspecified atom stereocenters. The number of nitriles is 1. The van der Waals surface area contributed by atoms with Gasteiger partial charge in [-0.25, -0.2) is 0 Å². The number of anilines is 1. The van der Waals surface area contributed by atoms with Crippen LogP contribution in [-0.2, 0) is 9.59 Å². The van der Waals surface area contributed by atoms with Gasteiger partial charge in [0.2, 0.25) is 11.8 Å². The van der Waals surface area contributed by atoms with Crippen molar-refractivity contribution in [2.45, 2.75) is 5.92 Å². The molecule has 0 atom stereocenters. The van der Waals surface area contributed by atoms with E-state index in [-0.39, 0.29) is 18.4 Å². The predicted molar refractivity (Wildman–Crippen MR) is 108 cm³/mol. The quantitative estimate of drug-likeness (QED) is 0.698. The first-order valence-electron chi connectivity index (χ1n) is 8.85. The Hall–Kier alpha value is -3.91. The van der Waals surface area contributed by atoms with Crippen molar-refractivity contribution in [2.24, 2.45) is 0 Å². The van der Waals surface area contributed by atoms with Gasteiger partial charge in [0.15, 0.2) is 0 Å². The highest BCUT2D eigenvalue weighted by Gasteiger charge is 2.22. The largest absolute Gasteiger partial charge is 0.346 e. The number of rotatable bonds is 6. The zero-order valence-corrected chi connectivity index (χ0v) is 15.1. The fraction of sp³-hybridized carbons (Fsp3) is 0.0870. The molecule has 0 aromatic heterocycles. The summed E-state index contributed by atoms with van der Waals surface area (Å²) in [5.41, 5.74) is 2.80. The molecule has 0 aliphatic heterocycles. The molecule has 3 rings (SSSR count). The van der Waals surface area contributed by atoms with Crippen LogP contribution >= 0.6 is 0 Å². The molecule has 0 bridgehead atoms. The number of benzene rings is 3. The Balaban J connectivity index is 1.66. The van der Waals surface area contributed by atoms with Crippen LogP contribution in [-0.4, -0.2) is 18.4 Å². The van der Waals surface area contributed by atoms with Crippen LogP contribution in [0.1, 0.15) is 22.6 Å². The first-order chi connectivity index (χ1) is 13.7. The van der Waals surface area contributed by atoms with Crippen LogP contribution in [0.4, 0.5) is 5.69 Å². The van der Waals surface area contributed by atoms with E-state index in [1.807, 2.05) is 66.7 Å². The molecule has 0 aliphatic carbocycles. The van der Waals surface area contributed by atoms with Gasteiger partial charge in [-0.05, 0) is 35.4 Å². The lowest BCUT2D eigenvalue weighted by Crippen LogP contribution is -2.36. The second-order valence-corrected chi connectivity index (χ2v) is 6.21. The minimum absolute atomic E-state index is 0.144. The molecular weight excluding hydrogens is 350 g/mol. The maximum absolute atomic E-state index is 12.9. The normalized spacial score (nSPS) is 10.1. The van der Waals surface area contributed by atoms with E-state index in [4.69, 9.17) is 5.26 Å². The van der Waals surface area contributed by atoms with Gasteiger partial charge in [0.1, 0.15) is 0 Å². The van der Waals surface area contributed by atoms with Crippen molar-refractivity contribution >= 4 is 17.5 Å². The Morgan fingerprint density at radius 1 is 0.821 bits per heavy atom. The van der Waals surface area contributed by atoms with Crippen LogP contribution in [0.5, 0.6) is 0 Å². The molecule has 2 N–H and O–H groups in total. The lowest BCUT2D eigenvalue weighted by atomic mass is 9.90. The number of hydrogen-bond donors (Lipinski definition) is 2. The van der Waals surface area contributed by atoms with Crippen LogP contribution in [0.3, 0.4) is 0 Å². The Labute approximate surface area is 163 Å². The summed E-state index contributed by atoms with van der Waals surface area (Å²) >= 11 is 0. The number of carbonyl (C=O) groups excluding carboxylic acids is 2. The Bertz CT molecular complexity index is 938. The Morgan fingerprint density at radius 3 is 1.86 bits per heavy atom. The van der Waals surface area contributed by atoms with Gasteiger partial charge in [0.05, 0.1) is 24.1 Å². The topological polar surface area (TPSA) is 82.0 Å². The zero-order valence-electron chi connectivity index (χ0n) is 15.1. The summed E-state index contributed by atoms with van der Waals surface area (Å²) < 4.78 is 0. The molecule has 2 amide bonds. The number of nitrogens with zero attached hydrogens (tertiary/aromatic N) is 1. The van der Waals surface area contributed by atoms with E-state index in [0.29, 0.717) is 11.3 Å². The van der Waals surface area contributed by atoms with E-state index >= 15 is 0 Å². The molecule has 0 fully saturated rings. The smallest absolute Gasteiger partial charge is 0.243 e. The van der Waals surface area contributed by atoms with Gasteiger partial charge in [-0.1, -0.05) is 60.7 Å². The van der Waals surface area contributed by atoms with Crippen molar-refractivity contribution in [1.82, 2.24) is 5.32 Å². The summed E-state index contributed by atoms with van der Waals surface area (Å²) in [5, 5.41) is 14.2. The maximum Gasteiger partial charge on any atom is 0.243 e. The fourth-order valence-electron chi connectivity index (χ4n) is 2.89. The standard InChI is InChI=1S/C23H19N3O2/c24-15-17-11-13-20(14-12-17)26-21(27)16-25-23(28)22(18-7-3-1-4-8-18)19-9-5-2-6-10-19/h1-14,22H,16H2,(H,25,28)(H,26,27).